The van der Waals surface area contributed by atoms with Crippen molar-refractivity contribution in [1.29, 1.82) is 5.26 Å². The Kier molecular flexibility index (Phi) is 3.07. The van der Waals surface area contributed by atoms with E-state index in [-0.39, 0.29) is 5.41 Å². The maximum absolute atomic E-state index is 8.82. The third-order valence-corrected chi connectivity index (χ3v) is 2.03. The topological polar surface area (TPSA) is 36.3 Å². The normalized spacial score (nSPS) is 20.4. The van der Waals surface area contributed by atoms with Gasteiger partial charge in [0.05, 0.1) is 24.7 Å². The molecule has 0 amide bonds. The highest BCUT2D eigenvalue weighted by Crippen LogP contribution is 2.15. The van der Waals surface area contributed by atoms with Gasteiger partial charge in [0.25, 0.3) is 0 Å². The first-order chi connectivity index (χ1) is 5.64. The van der Waals surface area contributed by atoms with Crippen LogP contribution in [0.2, 0.25) is 0 Å². The summed E-state index contributed by atoms with van der Waals surface area (Å²) in [6, 6.07) is 2.31. The maximum atomic E-state index is 8.82. The zero-order chi connectivity index (χ0) is 9.03. The lowest BCUT2D eigenvalue weighted by Crippen LogP contribution is -2.41. The summed E-state index contributed by atoms with van der Waals surface area (Å²) in [5.74, 6) is 0. The second kappa shape index (κ2) is 3.88. The first-order valence-electron chi connectivity index (χ1n) is 4.35. The molecule has 12 heavy (non-hydrogen) atoms. The van der Waals surface area contributed by atoms with Crippen LogP contribution in [-0.4, -0.2) is 37.7 Å². The predicted octanol–water partition coefficient (Wildman–Crippen LogP) is 0.868. The molecular weight excluding hydrogens is 152 g/mol. The first-order valence-corrected chi connectivity index (χ1v) is 4.35. The van der Waals surface area contributed by atoms with E-state index in [1.807, 2.05) is 13.8 Å². The molecule has 0 aromatic rings. The molecule has 0 aromatic heterocycles. The molecule has 0 unspecified atom stereocenters. The van der Waals surface area contributed by atoms with E-state index in [1.165, 1.54) is 0 Å². The Hall–Kier alpha value is -0.590. The highest BCUT2D eigenvalue weighted by atomic mass is 16.5. The van der Waals surface area contributed by atoms with Gasteiger partial charge in [0.15, 0.2) is 0 Å². The molecule has 3 heteroatoms. The second-order valence-corrected chi connectivity index (χ2v) is 3.88. The summed E-state index contributed by atoms with van der Waals surface area (Å²) in [6.07, 6.45) is 0. The zero-order valence-corrected chi connectivity index (χ0v) is 7.84. The van der Waals surface area contributed by atoms with Gasteiger partial charge in [0.2, 0.25) is 0 Å². The summed E-state index contributed by atoms with van der Waals surface area (Å²) in [6.45, 7) is 8.34. The van der Waals surface area contributed by atoms with Gasteiger partial charge >= 0.3 is 0 Å². The smallest absolute Gasteiger partial charge is 0.0697 e. The molecular formula is C9H16N2O. The Morgan fingerprint density at radius 2 is 2.00 bits per heavy atom. The fraction of sp³-hybridized carbons (Fsp3) is 0.889. The Bertz CT molecular complexity index is 177. The van der Waals surface area contributed by atoms with Crippen LogP contribution in [0.5, 0.6) is 0 Å². The minimum atomic E-state index is -0.225. The van der Waals surface area contributed by atoms with Crippen molar-refractivity contribution >= 4 is 0 Å². The average Bonchev–Trinajstić information content (AvgIpc) is 2.06. The third kappa shape index (κ3) is 2.80. The molecule has 1 rings (SSSR count). The van der Waals surface area contributed by atoms with Gasteiger partial charge in [-0.2, -0.15) is 5.26 Å². The number of ether oxygens (including phenoxy) is 1. The molecule has 1 aliphatic rings. The first kappa shape index (κ1) is 9.50. The average molecular weight is 168 g/mol. The molecule has 0 aliphatic carbocycles. The Labute approximate surface area is 73.9 Å². The molecule has 0 atom stereocenters. The summed E-state index contributed by atoms with van der Waals surface area (Å²) in [7, 11) is 0. The highest BCUT2D eigenvalue weighted by Gasteiger charge is 2.22. The van der Waals surface area contributed by atoms with Crippen LogP contribution in [0.4, 0.5) is 0 Å². The predicted molar refractivity (Wildman–Crippen MR) is 46.7 cm³/mol. The summed E-state index contributed by atoms with van der Waals surface area (Å²) >= 11 is 0. The van der Waals surface area contributed by atoms with Crippen LogP contribution < -0.4 is 0 Å². The summed E-state index contributed by atoms with van der Waals surface area (Å²) in [5, 5.41) is 8.82. The van der Waals surface area contributed by atoms with Crippen LogP contribution >= 0.6 is 0 Å². The molecule has 1 saturated heterocycles. The van der Waals surface area contributed by atoms with Gasteiger partial charge < -0.3 is 4.74 Å². The van der Waals surface area contributed by atoms with E-state index in [9.17, 15) is 0 Å². The van der Waals surface area contributed by atoms with Crippen molar-refractivity contribution in [2.24, 2.45) is 5.41 Å². The summed E-state index contributed by atoms with van der Waals surface area (Å²) < 4.78 is 5.22. The molecule has 0 saturated carbocycles. The number of nitrogens with zero attached hydrogens (tertiary/aromatic N) is 2. The zero-order valence-electron chi connectivity index (χ0n) is 7.84. The number of rotatable bonds is 2. The lowest BCUT2D eigenvalue weighted by molar-refractivity contribution is 0.0275. The number of hydrogen-bond acceptors (Lipinski definition) is 3. The third-order valence-electron chi connectivity index (χ3n) is 2.03. The lowest BCUT2D eigenvalue weighted by Gasteiger charge is -2.30. The van der Waals surface area contributed by atoms with Crippen LogP contribution in [0.1, 0.15) is 13.8 Å². The van der Waals surface area contributed by atoms with E-state index < -0.39 is 0 Å². The van der Waals surface area contributed by atoms with Gasteiger partial charge in [-0.15, -0.1) is 0 Å². The van der Waals surface area contributed by atoms with Gasteiger partial charge in [0, 0.05) is 19.6 Å². The molecule has 1 heterocycles. The van der Waals surface area contributed by atoms with E-state index in [2.05, 4.69) is 11.0 Å². The van der Waals surface area contributed by atoms with Crippen LogP contribution in [0.25, 0.3) is 0 Å². The van der Waals surface area contributed by atoms with E-state index in [0.717, 1.165) is 32.8 Å². The molecule has 1 fully saturated rings. The van der Waals surface area contributed by atoms with Crippen molar-refractivity contribution in [2.75, 3.05) is 32.8 Å². The summed E-state index contributed by atoms with van der Waals surface area (Å²) in [4.78, 5) is 2.28. The molecule has 0 bridgehead atoms. The molecule has 1 aliphatic heterocycles. The monoisotopic (exact) mass is 168 g/mol. The highest BCUT2D eigenvalue weighted by molar-refractivity contribution is 4.94. The molecule has 0 N–H and O–H groups in total. The van der Waals surface area contributed by atoms with E-state index >= 15 is 0 Å². The molecule has 0 aromatic carbocycles. The van der Waals surface area contributed by atoms with Crippen molar-refractivity contribution < 1.29 is 4.74 Å². The Morgan fingerprint density at radius 1 is 1.42 bits per heavy atom. The van der Waals surface area contributed by atoms with Crippen molar-refractivity contribution in [2.45, 2.75) is 13.8 Å². The number of hydrogen-bond donors (Lipinski definition) is 0. The lowest BCUT2D eigenvalue weighted by atomic mass is 9.95. The van der Waals surface area contributed by atoms with Gasteiger partial charge in [-0.1, -0.05) is 0 Å². The van der Waals surface area contributed by atoms with Crippen molar-refractivity contribution in [1.82, 2.24) is 4.90 Å². The van der Waals surface area contributed by atoms with E-state index in [1.54, 1.807) is 0 Å². The molecule has 68 valence electrons. The maximum Gasteiger partial charge on any atom is 0.0697 e. The van der Waals surface area contributed by atoms with Gasteiger partial charge in [-0.3, -0.25) is 4.90 Å². The summed E-state index contributed by atoms with van der Waals surface area (Å²) in [5.41, 5.74) is -0.225. The van der Waals surface area contributed by atoms with Crippen molar-refractivity contribution in [3.8, 4) is 6.07 Å². The van der Waals surface area contributed by atoms with Crippen LogP contribution in [0, 0.1) is 16.7 Å². The van der Waals surface area contributed by atoms with Gasteiger partial charge in [-0.25, -0.2) is 0 Å². The minimum absolute atomic E-state index is 0.225. The molecule has 0 radical (unpaired) electrons. The largest absolute Gasteiger partial charge is 0.379 e. The van der Waals surface area contributed by atoms with Crippen molar-refractivity contribution in [3.63, 3.8) is 0 Å². The van der Waals surface area contributed by atoms with Gasteiger partial charge in [0.1, 0.15) is 0 Å². The van der Waals surface area contributed by atoms with E-state index in [0.29, 0.717) is 0 Å². The minimum Gasteiger partial charge on any atom is -0.379 e. The van der Waals surface area contributed by atoms with Gasteiger partial charge in [-0.05, 0) is 13.8 Å². The molecule has 0 spiro atoms. The number of nitriles is 1. The standard InChI is InChI=1S/C9H16N2O/c1-9(2,7-10)8-11-3-5-12-6-4-11/h3-6,8H2,1-2H3. The number of morpholine rings is 1. The van der Waals surface area contributed by atoms with Crippen LogP contribution in [0.15, 0.2) is 0 Å². The SMILES string of the molecule is CC(C)(C#N)CN1CCOCC1. The quantitative estimate of drug-likeness (QED) is 0.613. The molecule has 3 nitrogen and oxygen atoms in total. The fourth-order valence-corrected chi connectivity index (χ4v) is 1.35. The Morgan fingerprint density at radius 3 is 2.50 bits per heavy atom. The van der Waals surface area contributed by atoms with E-state index in [4.69, 9.17) is 10.00 Å². The van der Waals surface area contributed by atoms with Crippen LogP contribution in [0.3, 0.4) is 0 Å². The van der Waals surface area contributed by atoms with Crippen LogP contribution in [-0.2, 0) is 4.74 Å². The second-order valence-electron chi connectivity index (χ2n) is 3.88. The van der Waals surface area contributed by atoms with Crippen molar-refractivity contribution in [3.05, 3.63) is 0 Å². The fourth-order valence-electron chi connectivity index (χ4n) is 1.35. The Balaban J connectivity index is 2.35.